The van der Waals surface area contributed by atoms with Crippen molar-refractivity contribution in [1.29, 1.82) is 0 Å². The Morgan fingerprint density at radius 3 is 2.57 bits per heavy atom. The Balaban J connectivity index is 1.56. The number of ether oxygens (including phenoxy) is 1. The zero-order valence-corrected chi connectivity index (χ0v) is 21.7. The summed E-state index contributed by atoms with van der Waals surface area (Å²) in [6.45, 7) is 7.48. The Labute approximate surface area is 215 Å². The van der Waals surface area contributed by atoms with Gasteiger partial charge in [-0.2, -0.15) is 18.2 Å². The highest BCUT2D eigenvalue weighted by Crippen LogP contribution is 2.41. The number of nitrogens with one attached hydrogen (secondary N) is 1. The van der Waals surface area contributed by atoms with Gasteiger partial charge < -0.3 is 15.2 Å². The van der Waals surface area contributed by atoms with Gasteiger partial charge in [0.2, 0.25) is 5.95 Å². The Morgan fingerprint density at radius 1 is 1.19 bits per heavy atom. The summed E-state index contributed by atoms with van der Waals surface area (Å²) < 4.78 is 45.7. The van der Waals surface area contributed by atoms with Crippen molar-refractivity contribution in [3.05, 3.63) is 47.0 Å². The molecule has 0 bridgehead atoms. The number of amides is 1. The van der Waals surface area contributed by atoms with Crippen molar-refractivity contribution in [2.45, 2.75) is 64.4 Å². The summed E-state index contributed by atoms with van der Waals surface area (Å²) in [7, 11) is 0. The van der Waals surface area contributed by atoms with Gasteiger partial charge >= 0.3 is 12.3 Å². The van der Waals surface area contributed by atoms with Crippen LogP contribution >= 0.6 is 11.3 Å². The van der Waals surface area contributed by atoms with Gasteiger partial charge in [0.25, 0.3) is 0 Å². The van der Waals surface area contributed by atoms with Crippen LogP contribution in [0.3, 0.4) is 0 Å². The van der Waals surface area contributed by atoms with Crippen molar-refractivity contribution >= 4 is 29.2 Å². The van der Waals surface area contributed by atoms with Gasteiger partial charge in [-0.3, -0.25) is 9.88 Å². The fourth-order valence-corrected chi connectivity index (χ4v) is 4.86. The molecule has 1 saturated heterocycles. The Kier molecular flexibility index (Phi) is 7.12. The zero-order valence-electron chi connectivity index (χ0n) is 20.9. The maximum atomic E-state index is 13.5. The van der Waals surface area contributed by atoms with Gasteiger partial charge in [0, 0.05) is 12.4 Å². The van der Waals surface area contributed by atoms with Crippen LogP contribution in [-0.4, -0.2) is 56.1 Å². The molecule has 4 heterocycles. The van der Waals surface area contributed by atoms with Gasteiger partial charge in [0.1, 0.15) is 28.9 Å². The number of thiazole rings is 1. The third kappa shape index (κ3) is 5.23. The summed E-state index contributed by atoms with van der Waals surface area (Å²) in [5.74, 6) is 0.521. The number of pyridine rings is 1. The third-order valence-corrected chi connectivity index (χ3v) is 7.64. The molecule has 0 radical (unpaired) electrons. The van der Waals surface area contributed by atoms with Gasteiger partial charge in [-0.15, -0.1) is 11.3 Å². The van der Waals surface area contributed by atoms with E-state index < -0.39 is 29.8 Å². The van der Waals surface area contributed by atoms with Crippen molar-refractivity contribution < 1.29 is 27.8 Å². The number of anilines is 2. The van der Waals surface area contributed by atoms with E-state index in [2.05, 4.69) is 25.3 Å². The number of alkyl halides is 3. The van der Waals surface area contributed by atoms with E-state index >= 15 is 0 Å². The Morgan fingerprint density at radius 2 is 1.89 bits per heavy atom. The first kappa shape index (κ1) is 26.7. The van der Waals surface area contributed by atoms with E-state index in [1.54, 1.807) is 26.0 Å². The summed E-state index contributed by atoms with van der Waals surface area (Å²) in [6, 6.07) is 3.75. The molecule has 3 aromatic rings. The van der Waals surface area contributed by atoms with Crippen LogP contribution in [-0.2, 0) is 10.2 Å². The average Bonchev–Trinajstić information content (AvgIpc) is 3.41. The predicted octanol–water partition coefficient (Wildman–Crippen LogP) is 5.02. The number of hydrogen-bond donors (Lipinski definition) is 2. The van der Waals surface area contributed by atoms with Crippen molar-refractivity contribution in [2.24, 2.45) is 0 Å². The van der Waals surface area contributed by atoms with Gasteiger partial charge in [0.05, 0.1) is 28.4 Å². The molecule has 13 heteroatoms. The predicted molar refractivity (Wildman–Crippen MR) is 133 cm³/mol. The van der Waals surface area contributed by atoms with E-state index in [9.17, 15) is 23.1 Å². The molecule has 3 atom stereocenters. The minimum atomic E-state index is -4.44. The number of cyclic esters (lactones) is 1. The lowest BCUT2D eigenvalue weighted by molar-refractivity contribution is -0.181. The van der Waals surface area contributed by atoms with Crippen LogP contribution in [0.5, 0.6) is 0 Å². The molecule has 2 N–H and O–H groups in total. The van der Waals surface area contributed by atoms with Gasteiger partial charge in [-0.05, 0) is 58.4 Å². The minimum Gasteiger partial charge on any atom is -0.447 e. The number of carbonyl (C=O) groups excluding carboxylic acids is 1. The van der Waals surface area contributed by atoms with E-state index in [-0.39, 0.29) is 30.1 Å². The molecule has 1 aliphatic heterocycles. The molecule has 0 aromatic carbocycles. The van der Waals surface area contributed by atoms with Crippen LogP contribution in [0.4, 0.5) is 29.7 Å². The van der Waals surface area contributed by atoms with E-state index in [0.29, 0.717) is 16.3 Å². The van der Waals surface area contributed by atoms with Gasteiger partial charge in [-0.25, -0.2) is 14.8 Å². The molecule has 1 aliphatic rings. The molecule has 1 amide bonds. The van der Waals surface area contributed by atoms with E-state index in [0.717, 1.165) is 18.7 Å². The van der Waals surface area contributed by atoms with Crippen LogP contribution in [0.2, 0.25) is 0 Å². The second kappa shape index (κ2) is 9.86. The summed E-state index contributed by atoms with van der Waals surface area (Å²) >= 11 is 1.35. The first-order valence-corrected chi connectivity index (χ1v) is 12.4. The maximum Gasteiger partial charge on any atom is 0.416 e. The molecule has 37 heavy (non-hydrogen) atoms. The first-order chi connectivity index (χ1) is 17.3. The van der Waals surface area contributed by atoms with E-state index in [1.807, 2.05) is 6.92 Å². The lowest BCUT2D eigenvalue weighted by atomic mass is 9.87. The zero-order chi connectivity index (χ0) is 27.1. The van der Waals surface area contributed by atoms with Crippen molar-refractivity contribution in [2.75, 3.05) is 16.8 Å². The smallest absolute Gasteiger partial charge is 0.416 e. The number of nitrogens with zero attached hydrogens (tertiary/aromatic N) is 5. The average molecular weight is 537 g/mol. The number of halogens is 3. The standard InChI is InChI=1S/C24H27F3N6O3S/c1-12-19(15-6-8-28-17(10-15)23(4,5)24(25,26)27)37-20(30-12)13(2)31-21-29-9-7-18(32-21)33-16(14(3)34)11-36-22(33)35/h6-10,13-14,16,34H,11H2,1-5H3,(H,29,31,32)/t13?,14-,16?/m0/s1. The summed E-state index contributed by atoms with van der Waals surface area (Å²) in [4.78, 5) is 31.4. The van der Waals surface area contributed by atoms with Crippen LogP contribution in [0.25, 0.3) is 10.4 Å². The number of carbonyl (C=O) groups is 1. The van der Waals surface area contributed by atoms with Crippen LogP contribution in [0.15, 0.2) is 30.6 Å². The molecular formula is C24H27F3N6O3S. The maximum absolute atomic E-state index is 13.5. The largest absolute Gasteiger partial charge is 0.447 e. The quantitative estimate of drug-likeness (QED) is 0.433. The molecule has 3 aromatic heterocycles. The second-order valence-corrected chi connectivity index (χ2v) is 10.4. The van der Waals surface area contributed by atoms with Crippen LogP contribution < -0.4 is 10.2 Å². The topological polar surface area (TPSA) is 113 Å². The van der Waals surface area contributed by atoms with Gasteiger partial charge in [0.15, 0.2) is 0 Å². The normalized spacial score (nSPS) is 18.0. The lowest BCUT2D eigenvalue weighted by Crippen LogP contribution is -2.41. The molecule has 4 rings (SSSR count). The fourth-order valence-electron chi connectivity index (χ4n) is 3.79. The monoisotopic (exact) mass is 536 g/mol. The highest BCUT2D eigenvalue weighted by molar-refractivity contribution is 7.15. The first-order valence-electron chi connectivity index (χ1n) is 11.5. The van der Waals surface area contributed by atoms with Gasteiger partial charge in [-0.1, -0.05) is 0 Å². The van der Waals surface area contributed by atoms with E-state index in [1.165, 1.54) is 34.7 Å². The highest BCUT2D eigenvalue weighted by atomic mass is 32.1. The molecule has 198 valence electrons. The highest BCUT2D eigenvalue weighted by Gasteiger charge is 2.49. The number of rotatable bonds is 7. The van der Waals surface area contributed by atoms with Crippen LogP contribution in [0.1, 0.15) is 50.1 Å². The summed E-state index contributed by atoms with van der Waals surface area (Å²) in [5, 5.41) is 13.8. The number of hydrogen-bond acceptors (Lipinski definition) is 9. The van der Waals surface area contributed by atoms with Crippen molar-refractivity contribution in [3.8, 4) is 10.4 Å². The molecule has 9 nitrogen and oxygen atoms in total. The minimum absolute atomic E-state index is 0.0533. The Bertz CT molecular complexity index is 1300. The molecular weight excluding hydrogens is 509 g/mol. The molecule has 0 saturated carbocycles. The second-order valence-electron chi connectivity index (χ2n) is 9.38. The number of aliphatic hydroxyl groups is 1. The van der Waals surface area contributed by atoms with Crippen LogP contribution in [0, 0.1) is 6.92 Å². The molecule has 0 aliphatic carbocycles. The third-order valence-electron chi connectivity index (χ3n) is 6.25. The SMILES string of the molecule is Cc1nc(C(C)Nc2nccc(N3C(=O)OCC3[C@H](C)O)n2)sc1-c1ccnc(C(C)(C)C(F)(F)F)c1. The number of aliphatic hydroxyl groups excluding tert-OH is 1. The summed E-state index contributed by atoms with van der Waals surface area (Å²) in [5.41, 5.74) is -0.897. The lowest BCUT2D eigenvalue weighted by Gasteiger charge is -2.27. The Hall–Kier alpha value is -3.32. The summed E-state index contributed by atoms with van der Waals surface area (Å²) in [6.07, 6.45) is -3.00. The van der Waals surface area contributed by atoms with Crippen molar-refractivity contribution in [1.82, 2.24) is 19.9 Å². The van der Waals surface area contributed by atoms with E-state index in [4.69, 9.17) is 4.74 Å². The molecule has 2 unspecified atom stereocenters. The molecule has 0 spiro atoms. The fraction of sp³-hybridized carbons (Fsp3) is 0.458. The number of aromatic nitrogens is 4. The molecule has 1 fully saturated rings. The number of aryl methyl sites for hydroxylation is 1. The van der Waals surface area contributed by atoms with Crippen molar-refractivity contribution in [3.63, 3.8) is 0 Å².